The summed E-state index contributed by atoms with van der Waals surface area (Å²) in [6, 6.07) is 8.72. The van der Waals surface area contributed by atoms with E-state index in [9.17, 15) is 0 Å². The van der Waals surface area contributed by atoms with E-state index in [1.807, 2.05) is 0 Å². The first kappa shape index (κ1) is 9.29. The Bertz CT molecular complexity index is 641. The van der Waals surface area contributed by atoms with Gasteiger partial charge in [0.1, 0.15) is 7.85 Å². The molecular formula is C16H11B. The maximum absolute atomic E-state index is 6.08. The monoisotopic (exact) mass is 214 g/mol. The molecule has 0 nitrogen and oxygen atoms in total. The van der Waals surface area contributed by atoms with Crippen LogP contribution >= 0.6 is 0 Å². The van der Waals surface area contributed by atoms with Gasteiger partial charge in [-0.3, -0.25) is 0 Å². The molecule has 78 valence electrons. The van der Waals surface area contributed by atoms with Crippen molar-refractivity contribution in [3.63, 3.8) is 0 Å². The van der Waals surface area contributed by atoms with Crippen LogP contribution in [0, 0.1) is 0 Å². The molecule has 1 heteroatoms. The molecule has 1 aromatic carbocycles. The number of hydrogen-bond donors (Lipinski definition) is 0. The molecule has 1 atom stereocenters. The Morgan fingerprint density at radius 3 is 2.94 bits per heavy atom. The average molecular weight is 214 g/mol. The van der Waals surface area contributed by atoms with E-state index in [1.165, 1.54) is 27.8 Å². The molecule has 0 fully saturated rings. The Labute approximate surface area is 102 Å². The van der Waals surface area contributed by atoms with Crippen molar-refractivity contribution >= 4 is 13.4 Å². The van der Waals surface area contributed by atoms with Gasteiger partial charge >= 0.3 is 0 Å². The topological polar surface area (TPSA) is 0 Å². The molecule has 0 amide bonds. The van der Waals surface area contributed by atoms with Crippen LogP contribution in [0.2, 0.25) is 0 Å². The minimum absolute atomic E-state index is 0.424. The fourth-order valence-corrected chi connectivity index (χ4v) is 3.21. The van der Waals surface area contributed by atoms with Crippen molar-refractivity contribution in [3.8, 4) is 0 Å². The molecule has 0 heterocycles. The third kappa shape index (κ3) is 1.09. The Hall–Kier alpha value is -1.76. The van der Waals surface area contributed by atoms with Crippen molar-refractivity contribution in [1.29, 1.82) is 0 Å². The normalized spacial score (nSPS) is 24.1. The summed E-state index contributed by atoms with van der Waals surface area (Å²) in [6.45, 7) is 0. The van der Waals surface area contributed by atoms with Gasteiger partial charge in [-0.05, 0) is 34.3 Å². The van der Waals surface area contributed by atoms with Crippen LogP contribution in [-0.4, -0.2) is 7.85 Å². The number of allylic oxidation sites excluding steroid dienone is 8. The Morgan fingerprint density at radius 1 is 1.12 bits per heavy atom. The molecule has 4 rings (SSSR count). The van der Waals surface area contributed by atoms with Gasteiger partial charge in [-0.15, -0.1) is 0 Å². The summed E-state index contributed by atoms with van der Waals surface area (Å²) in [6.07, 6.45) is 9.72. The molecule has 0 N–H and O–H groups in total. The maximum Gasteiger partial charge on any atom is 0.114 e. The van der Waals surface area contributed by atoms with E-state index in [0.29, 0.717) is 5.92 Å². The largest absolute Gasteiger partial charge is 0.114 e. The molecule has 0 spiro atoms. The van der Waals surface area contributed by atoms with E-state index >= 15 is 0 Å². The third-order valence-electron chi connectivity index (χ3n) is 3.93. The highest BCUT2D eigenvalue weighted by molar-refractivity contribution is 6.25. The van der Waals surface area contributed by atoms with Gasteiger partial charge in [-0.25, -0.2) is 0 Å². The molecule has 17 heavy (non-hydrogen) atoms. The lowest BCUT2D eigenvalue weighted by Gasteiger charge is -2.23. The van der Waals surface area contributed by atoms with E-state index < -0.39 is 0 Å². The van der Waals surface area contributed by atoms with Gasteiger partial charge in [0.05, 0.1) is 0 Å². The fourth-order valence-electron chi connectivity index (χ4n) is 3.21. The highest BCUT2D eigenvalue weighted by Gasteiger charge is 2.33. The third-order valence-corrected chi connectivity index (χ3v) is 3.93. The van der Waals surface area contributed by atoms with E-state index in [0.717, 1.165) is 11.9 Å². The second kappa shape index (κ2) is 3.13. The predicted octanol–water partition coefficient (Wildman–Crippen LogP) is 3.49. The minimum Gasteiger partial charge on any atom is -0.0895 e. The summed E-state index contributed by atoms with van der Waals surface area (Å²) in [5.74, 6) is 0.424. The van der Waals surface area contributed by atoms with Crippen LogP contribution in [0.1, 0.15) is 23.5 Å². The van der Waals surface area contributed by atoms with Crippen molar-refractivity contribution < 1.29 is 0 Å². The smallest absolute Gasteiger partial charge is 0.0895 e. The summed E-state index contributed by atoms with van der Waals surface area (Å²) in [4.78, 5) is 0. The van der Waals surface area contributed by atoms with Gasteiger partial charge in [0, 0.05) is 5.92 Å². The van der Waals surface area contributed by atoms with Crippen LogP contribution < -0.4 is 0 Å². The Balaban J connectivity index is 2.06. The fraction of sp³-hybridized carbons (Fsp3) is 0.125. The van der Waals surface area contributed by atoms with Crippen molar-refractivity contribution in [3.05, 3.63) is 76.3 Å². The SMILES string of the molecule is [B]C1=C2C=CCC3=C2C(C=C1)c1ccccc13. The van der Waals surface area contributed by atoms with Gasteiger partial charge in [-0.2, -0.15) is 0 Å². The van der Waals surface area contributed by atoms with Gasteiger partial charge in [0.15, 0.2) is 0 Å². The highest BCUT2D eigenvalue weighted by Crippen LogP contribution is 2.51. The summed E-state index contributed by atoms with van der Waals surface area (Å²) in [7, 11) is 6.08. The molecule has 0 saturated carbocycles. The first-order chi connectivity index (χ1) is 8.36. The minimum atomic E-state index is 0.424. The van der Waals surface area contributed by atoms with Crippen molar-refractivity contribution in [1.82, 2.24) is 0 Å². The molecule has 3 aliphatic rings. The average Bonchev–Trinajstić information content (AvgIpc) is 2.70. The van der Waals surface area contributed by atoms with Gasteiger partial charge in [0.2, 0.25) is 0 Å². The first-order valence-electron chi connectivity index (χ1n) is 6.03. The molecule has 2 radical (unpaired) electrons. The van der Waals surface area contributed by atoms with Crippen LogP contribution in [0.15, 0.2) is 65.2 Å². The lowest BCUT2D eigenvalue weighted by molar-refractivity contribution is 1.02. The standard InChI is InChI=1S/C16H11B/c17-15-9-8-13-11-5-2-1-4-10(11)12-6-3-7-14(15)16(12)13/h1-5,7-9,13H,6H2. The van der Waals surface area contributed by atoms with Gasteiger partial charge in [-0.1, -0.05) is 54.0 Å². The quantitative estimate of drug-likeness (QED) is 0.580. The summed E-state index contributed by atoms with van der Waals surface area (Å²) in [5.41, 5.74) is 7.88. The number of hydrogen-bond acceptors (Lipinski definition) is 0. The predicted molar refractivity (Wildman–Crippen MR) is 71.8 cm³/mol. The zero-order valence-electron chi connectivity index (χ0n) is 9.48. The second-order valence-corrected chi connectivity index (χ2v) is 4.79. The Morgan fingerprint density at radius 2 is 2.00 bits per heavy atom. The van der Waals surface area contributed by atoms with Crippen molar-refractivity contribution in [2.45, 2.75) is 12.3 Å². The van der Waals surface area contributed by atoms with E-state index in [1.54, 1.807) is 0 Å². The Kier molecular flexibility index (Phi) is 1.71. The number of fused-ring (bicyclic) bond motifs is 3. The molecular weight excluding hydrogens is 203 g/mol. The first-order valence-corrected chi connectivity index (χ1v) is 6.03. The van der Waals surface area contributed by atoms with Crippen LogP contribution in [0.3, 0.4) is 0 Å². The van der Waals surface area contributed by atoms with Crippen LogP contribution in [-0.2, 0) is 0 Å². The van der Waals surface area contributed by atoms with Crippen molar-refractivity contribution in [2.24, 2.45) is 0 Å². The van der Waals surface area contributed by atoms with E-state index in [-0.39, 0.29) is 0 Å². The van der Waals surface area contributed by atoms with Crippen molar-refractivity contribution in [2.75, 3.05) is 0 Å². The summed E-state index contributed by atoms with van der Waals surface area (Å²) >= 11 is 0. The van der Waals surface area contributed by atoms with E-state index in [2.05, 4.69) is 48.6 Å². The van der Waals surface area contributed by atoms with Gasteiger partial charge in [0.25, 0.3) is 0 Å². The lowest BCUT2D eigenvalue weighted by Crippen LogP contribution is -2.06. The maximum atomic E-state index is 6.08. The molecule has 1 aromatic rings. The molecule has 1 unspecified atom stereocenters. The number of benzene rings is 1. The zero-order valence-corrected chi connectivity index (χ0v) is 9.48. The van der Waals surface area contributed by atoms with Gasteiger partial charge < -0.3 is 0 Å². The molecule has 0 aromatic heterocycles. The summed E-state index contributed by atoms with van der Waals surface area (Å²) in [5, 5.41) is 0. The van der Waals surface area contributed by atoms with E-state index in [4.69, 9.17) is 7.85 Å². The second-order valence-electron chi connectivity index (χ2n) is 4.79. The zero-order chi connectivity index (χ0) is 11.4. The van der Waals surface area contributed by atoms with Crippen LogP contribution in [0.4, 0.5) is 0 Å². The molecule has 0 aliphatic heterocycles. The summed E-state index contributed by atoms with van der Waals surface area (Å²) < 4.78 is 0. The molecule has 0 bridgehead atoms. The number of rotatable bonds is 0. The van der Waals surface area contributed by atoms with Crippen LogP contribution in [0.5, 0.6) is 0 Å². The molecule has 3 aliphatic carbocycles. The highest BCUT2D eigenvalue weighted by atomic mass is 14.4. The van der Waals surface area contributed by atoms with Crippen LogP contribution in [0.25, 0.3) is 5.57 Å². The molecule has 0 saturated heterocycles. The lowest BCUT2D eigenvalue weighted by atomic mass is 9.75.